The molecule has 0 aromatic carbocycles. The summed E-state index contributed by atoms with van der Waals surface area (Å²) >= 11 is 0.780. The molecule has 2 heterocycles. The van der Waals surface area contributed by atoms with Gasteiger partial charge >= 0.3 is 5.69 Å². The number of hydrogen-bond acceptors (Lipinski definition) is 8. The van der Waals surface area contributed by atoms with Crippen molar-refractivity contribution >= 4 is 37.9 Å². The van der Waals surface area contributed by atoms with Crippen LogP contribution >= 0.6 is 11.3 Å². The molecule has 0 aliphatic heterocycles. The maximum atomic E-state index is 12.1. The number of anilines is 2. The molecule has 0 aliphatic carbocycles. The zero-order chi connectivity index (χ0) is 14.8. The van der Waals surface area contributed by atoms with Gasteiger partial charge in [-0.2, -0.15) is 0 Å². The van der Waals surface area contributed by atoms with E-state index in [1.54, 1.807) is 6.92 Å². The molecule has 0 saturated carbocycles. The summed E-state index contributed by atoms with van der Waals surface area (Å²) in [5.74, 6) is 0.00561. The number of sulfonamides is 1. The number of thiophene rings is 1. The van der Waals surface area contributed by atoms with E-state index in [0.717, 1.165) is 17.4 Å². The highest BCUT2D eigenvalue weighted by Gasteiger charge is 2.26. The van der Waals surface area contributed by atoms with Crippen LogP contribution in [0.3, 0.4) is 0 Å². The molecule has 0 radical (unpaired) electrons. The van der Waals surface area contributed by atoms with Crippen LogP contribution in [-0.2, 0) is 10.0 Å². The third-order valence-electron chi connectivity index (χ3n) is 2.17. The molecule has 0 saturated heterocycles. The quantitative estimate of drug-likeness (QED) is 0.614. The molecule has 0 unspecified atom stereocenters. The van der Waals surface area contributed by atoms with Gasteiger partial charge in [0.2, 0.25) is 0 Å². The molecule has 2 N–H and O–H groups in total. The molecule has 2 aromatic heterocycles. The van der Waals surface area contributed by atoms with Gasteiger partial charge in [-0.3, -0.25) is 14.8 Å². The van der Waals surface area contributed by atoms with Crippen molar-refractivity contribution in [1.29, 1.82) is 0 Å². The monoisotopic (exact) mass is 318 g/mol. The van der Waals surface area contributed by atoms with Gasteiger partial charge in [0, 0.05) is 18.7 Å². The van der Waals surface area contributed by atoms with E-state index in [2.05, 4.69) is 19.7 Å². The predicted molar refractivity (Wildman–Crippen MR) is 72.4 cm³/mol. The average molecular weight is 318 g/mol. The van der Waals surface area contributed by atoms with E-state index in [0.29, 0.717) is 6.54 Å². The van der Waals surface area contributed by atoms with Gasteiger partial charge in [-0.1, -0.05) is 16.5 Å². The van der Waals surface area contributed by atoms with Crippen LogP contribution < -0.4 is 10.0 Å². The Morgan fingerprint density at radius 3 is 2.85 bits per heavy atom. The van der Waals surface area contributed by atoms with Crippen LogP contribution in [0, 0.1) is 10.1 Å². The highest BCUT2D eigenvalue weighted by Crippen LogP contribution is 2.37. The molecule has 108 valence electrons. The van der Waals surface area contributed by atoms with Crippen molar-refractivity contribution in [3.63, 3.8) is 0 Å². The van der Waals surface area contributed by atoms with Gasteiger partial charge in [-0.15, -0.1) is 0 Å². The summed E-state index contributed by atoms with van der Waals surface area (Å²) < 4.78 is 30.6. The molecular formula is C9H10N4O5S2. The minimum atomic E-state index is -3.94. The van der Waals surface area contributed by atoms with Crippen molar-refractivity contribution in [2.24, 2.45) is 0 Å². The van der Waals surface area contributed by atoms with Crippen molar-refractivity contribution < 1.29 is 17.9 Å². The minimum absolute atomic E-state index is 0.00561. The molecule has 0 fully saturated rings. The Morgan fingerprint density at radius 1 is 1.55 bits per heavy atom. The smallest absolute Gasteiger partial charge is 0.304 e. The molecule has 0 amide bonds. The summed E-state index contributed by atoms with van der Waals surface area (Å²) in [7, 11) is -3.94. The van der Waals surface area contributed by atoms with Crippen LogP contribution in [0.15, 0.2) is 27.1 Å². The number of aromatic nitrogens is 1. The van der Waals surface area contributed by atoms with Gasteiger partial charge in [0.15, 0.2) is 10.8 Å². The topological polar surface area (TPSA) is 127 Å². The predicted octanol–water partition coefficient (Wildman–Crippen LogP) is 1.88. The summed E-state index contributed by atoms with van der Waals surface area (Å²) in [5, 5.41) is 17.3. The van der Waals surface area contributed by atoms with Crippen molar-refractivity contribution in [1.82, 2.24) is 5.16 Å². The standard InChI is InChI=1S/C9H10N4O5S2/c1-2-10-9-6(13(14)15)5-8(19-9)20(16,17)12-7-3-4-18-11-7/h3-5,10H,2H2,1H3,(H,11,12). The summed E-state index contributed by atoms with van der Waals surface area (Å²) in [6.45, 7) is 2.20. The van der Waals surface area contributed by atoms with E-state index < -0.39 is 14.9 Å². The highest BCUT2D eigenvalue weighted by atomic mass is 32.2. The van der Waals surface area contributed by atoms with Crippen LogP contribution in [0.1, 0.15) is 6.92 Å². The molecule has 2 aromatic rings. The molecule has 0 spiro atoms. The van der Waals surface area contributed by atoms with Gasteiger partial charge in [-0.05, 0) is 6.92 Å². The maximum absolute atomic E-state index is 12.1. The number of hydrogen-bond donors (Lipinski definition) is 2. The molecular weight excluding hydrogens is 308 g/mol. The lowest BCUT2D eigenvalue weighted by atomic mass is 10.5. The third kappa shape index (κ3) is 2.88. The van der Waals surface area contributed by atoms with E-state index in [1.807, 2.05) is 0 Å². The lowest BCUT2D eigenvalue weighted by Gasteiger charge is -2.00. The van der Waals surface area contributed by atoms with E-state index in [4.69, 9.17) is 0 Å². The van der Waals surface area contributed by atoms with Crippen LogP contribution in [-0.4, -0.2) is 25.0 Å². The fraction of sp³-hybridized carbons (Fsp3) is 0.222. The van der Waals surface area contributed by atoms with E-state index in [1.165, 1.54) is 12.3 Å². The molecule has 0 aliphatic rings. The Kier molecular flexibility index (Phi) is 3.90. The molecule has 0 bridgehead atoms. The van der Waals surface area contributed by atoms with Crippen LogP contribution in [0.25, 0.3) is 0 Å². The zero-order valence-electron chi connectivity index (χ0n) is 10.2. The molecule has 11 heteroatoms. The van der Waals surface area contributed by atoms with E-state index in [9.17, 15) is 18.5 Å². The van der Waals surface area contributed by atoms with Crippen molar-refractivity contribution in [3.05, 3.63) is 28.5 Å². The van der Waals surface area contributed by atoms with Gasteiger partial charge in [0.25, 0.3) is 10.0 Å². The van der Waals surface area contributed by atoms with Crippen molar-refractivity contribution in [3.8, 4) is 0 Å². The van der Waals surface area contributed by atoms with Crippen LogP contribution in [0.4, 0.5) is 16.5 Å². The normalized spacial score (nSPS) is 11.2. The molecule has 9 nitrogen and oxygen atoms in total. The Morgan fingerprint density at radius 2 is 2.30 bits per heavy atom. The van der Waals surface area contributed by atoms with Crippen LogP contribution in [0.2, 0.25) is 0 Å². The second-order valence-electron chi connectivity index (χ2n) is 3.56. The first-order valence-electron chi connectivity index (χ1n) is 5.39. The second kappa shape index (κ2) is 5.46. The summed E-state index contributed by atoms with van der Waals surface area (Å²) in [6.07, 6.45) is 1.21. The van der Waals surface area contributed by atoms with Gasteiger partial charge in [-0.25, -0.2) is 8.42 Å². The molecule has 0 atom stereocenters. The Balaban J connectivity index is 2.36. The fourth-order valence-electron chi connectivity index (χ4n) is 1.37. The van der Waals surface area contributed by atoms with Crippen molar-refractivity contribution in [2.75, 3.05) is 16.6 Å². The summed E-state index contributed by atoms with van der Waals surface area (Å²) in [5.41, 5.74) is -0.280. The number of nitrogens with one attached hydrogen (secondary N) is 2. The number of nitrogens with zero attached hydrogens (tertiary/aromatic N) is 2. The SMILES string of the molecule is CCNc1sc(S(=O)(=O)Nc2ccon2)cc1[N+](=O)[O-]. The van der Waals surface area contributed by atoms with Gasteiger partial charge in [0.1, 0.15) is 10.5 Å². The maximum Gasteiger partial charge on any atom is 0.304 e. The first kappa shape index (κ1) is 14.3. The van der Waals surface area contributed by atoms with E-state index in [-0.39, 0.29) is 20.7 Å². The number of nitro groups is 1. The van der Waals surface area contributed by atoms with Crippen LogP contribution in [0.5, 0.6) is 0 Å². The fourth-order valence-corrected chi connectivity index (χ4v) is 3.76. The average Bonchev–Trinajstić information content (AvgIpc) is 2.98. The Hall–Kier alpha value is -2.14. The Bertz CT molecular complexity index is 707. The Labute approximate surface area is 117 Å². The highest BCUT2D eigenvalue weighted by molar-refractivity contribution is 7.94. The molecule has 20 heavy (non-hydrogen) atoms. The van der Waals surface area contributed by atoms with Gasteiger partial charge < -0.3 is 9.84 Å². The molecule has 2 rings (SSSR count). The zero-order valence-corrected chi connectivity index (χ0v) is 11.8. The first-order chi connectivity index (χ1) is 9.44. The number of rotatable bonds is 6. The second-order valence-corrected chi connectivity index (χ2v) is 6.52. The summed E-state index contributed by atoms with van der Waals surface area (Å²) in [4.78, 5) is 10.2. The minimum Gasteiger partial charge on any atom is -0.372 e. The van der Waals surface area contributed by atoms with Gasteiger partial charge in [0.05, 0.1) is 4.92 Å². The first-order valence-corrected chi connectivity index (χ1v) is 7.69. The lowest BCUT2D eigenvalue weighted by Crippen LogP contribution is -2.11. The summed E-state index contributed by atoms with van der Waals surface area (Å²) in [6, 6.07) is 2.33. The third-order valence-corrected chi connectivity index (χ3v) is 5.08. The van der Waals surface area contributed by atoms with E-state index >= 15 is 0 Å². The van der Waals surface area contributed by atoms with Crippen molar-refractivity contribution in [2.45, 2.75) is 11.1 Å². The lowest BCUT2D eigenvalue weighted by molar-refractivity contribution is -0.383. The largest absolute Gasteiger partial charge is 0.372 e.